The Balaban J connectivity index is 2.03. The van der Waals surface area contributed by atoms with Crippen molar-refractivity contribution in [2.75, 3.05) is 26.4 Å². The van der Waals surface area contributed by atoms with E-state index < -0.39 is 5.54 Å². The molecule has 2 N–H and O–H groups in total. The highest BCUT2D eigenvalue weighted by atomic mass is 16.5. The van der Waals surface area contributed by atoms with Gasteiger partial charge in [-0.3, -0.25) is 0 Å². The molecule has 0 aromatic heterocycles. The summed E-state index contributed by atoms with van der Waals surface area (Å²) < 4.78 is 11.2. The van der Waals surface area contributed by atoms with E-state index in [-0.39, 0.29) is 18.8 Å². The van der Waals surface area contributed by atoms with Gasteiger partial charge < -0.3 is 19.9 Å². The van der Waals surface area contributed by atoms with Crippen LogP contribution in [0.15, 0.2) is 30.3 Å². The Kier molecular flexibility index (Phi) is 6.18. The van der Waals surface area contributed by atoms with Gasteiger partial charge in [-0.1, -0.05) is 30.3 Å². The minimum atomic E-state index is -0.450. The summed E-state index contributed by atoms with van der Waals surface area (Å²) in [5.41, 5.74) is 0.655. The molecule has 21 heavy (non-hydrogen) atoms. The highest BCUT2D eigenvalue weighted by Crippen LogP contribution is 2.26. The lowest BCUT2D eigenvalue weighted by Crippen LogP contribution is -2.49. The van der Waals surface area contributed by atoms with E-state index in [0.29, 0.717) is 13.2 Å². The summed E-state index contributed by atoms with van der Waals surface area (Å²) in [5, 5.41) is 13.6. The quantitative estimate of drug-likeness (QED) is 0.770. The smallest absolute Gasteiger partial charge is 0.0830 e. The van der Waals surface area contributed by atoms with Crippen molar-refractivity contribution in [3.63, 3.8) is 0 Å². The Morgan fingerprint density at radius 1 is 1.38 bits per heavy atom. The molecule has 118 valence electrons. The number of rotatable bonds is 8. The number of hydrogen-bond acceptors (Lipinski definition) is 4. The molecule has 2 atom stereocenters. The van der Waals surface area contributed by atoms with Crippen molar-refractivity contribution in [3.8, 4) is 0 Å². The minimum Gasteiger partial charge on any atom is -0.394 e. The zero-order chi connectivity index (χ0) is 15.1. The van der Waals surface area contributed by atoms with Crippen molar-refractivity contribution < 1.29 is 14.6 Å². The Bertz CT molecular complexity index is 404. The van der Waals surface area contributed by atoms with Crippen molar-refractivity contribution >= 4 is 0 Å². The van der Waals surface area contributed by atoms with Gasteiger partial charge >= 0.3 is 0 Å². The maximum Gasteiger partial charge on any atom is 0.0830 e. The van der Waals surface area contributed by atoms with E-state index in [1.165, 1.54) is 0 Å². The van der Waals surface area contributed by atoms with E-state index >= 15 is 0 Å². The molecule has 0 bridgehead atoms. The van der Waals surface area contributed by atoms with Gasteiger partial charge in [0.05, 0.1) is 24.9 Å². The molecule has 2 unspecified atom stereocenters. The van der Waals surface area contributed by atoms with Gasteiger partial charge in [-0.15, -0.1) is 0 Å². The second-order valence-electron chi connectivity index (χ2n) is 6.01. The summed E-state index contributed by atoms with van der Waals surface area (Å²) in [7, 11) is 0. The van der Waals surface area contributed by atoms with Crippen LogP contribution in [0.1, 0.15) is 32.3 Å². The third-order valence-electron chi connectivity index (χ3n) is 3.93. The molecule has 0 amide bonds. The number of nitrogens with one attached hydrogen (secondary N) is 1. The van der Waals surface area contributed by atoms with Crippen molar-refractivity contribution in [1.82, 2.24) is 5.32 Å². The maximum atomic E-state index is 10.0. The molecular formula is C17H27NO3. The van der Waals surface area contributed by atoms with Crippen LogP contribution in [-0.4, -0.2) is 43.7 Å². The van der Waals surface area contributed by atoms with E-state index in [1.807, 2.05) is 18.2 Å². The molecular weight excluding hydrogens is 266 g/mol. The maximum absolute atomic E-state index is 10.0. The van der Waals surface area contributed by atoms with Gasteiger partial charge in [0, 0.05) is 19.3 Å². The fourth-order valence-corrected chi connectivity index (χ4v) is 2.87. The molecule has 0 saturated carbocycles. The molecule has 1 fully saturated rings. The van der Waals surface area contributed by atoms with Crippen LogP contribution in [0, 0.1) is 0 Å². The van der Waals surface area contributed by atoms with Gasteiger partial charge in [-0.2, -0.15) is 0 Å². The second-order valence-corrected chi connectivity index (χ2v) is 6.01. The first-order valence-corrected chi connectivity index (χ1v) is 7.80. The standard InChI is InChI=1S/C17H27NO3/c1-14(2)18-17(13-19,15-6-4-3-5-7-15)9-11-21-16-8-10-20-12-16/h3-7,14,16,18-19H,8-13H2,1-2H3. The Hall–Kier alpha value is -0.940. The van der Waals surface area contributed by atoms with Crippen molar-refractivity contribution in [3.05, 3.63) is 35.9 Å². The summed E-state index contributed by atoms with van der Waals surface area (Å²) >= 11 is 0. The summed E-state index contributed by atoms with van der Waals surface area (Å²) in [5.74, 6) is 0. The van der Waals surface area contributed by atoms with Crippen LogP contribution in [0.5, 0.6) is 0 Å². The Morgan fingerprint density at radius 3 is 2.71 bits per heavy atom. The van der Waals surface area contributed by atoms with E-state index in [2.05, 4.69) is 31.3 Å². The molecule has 1 aromatic rings. The highest BCUT2D eigenvalue weighted by Gasteiger charge is 2.32. The van der Waals surface area contributed by atoms with Crippen LogP contribution in [0.25, 0.3) is 0 Å². The lowest BCUT2D eigenvalue weighted by molar-refractivity contribution is 0.0192. The average molecular weight is 293 g/mol. The van der Waals surface area contributed by atoms with Gasteiger partial charge in [-0.25, -0.2) is 0 Å². The lowest BCUT2D eigenvalue weighted by atomic mass is 9.86. The first-order chi connectivity index (χ1) is 10.2. The largest absolute Gasteiger partial charge is 0.394 e. The minimum absolute atomic E-state index is 0.0553. The topological polar surface area (TPSA) is 50.7 Å². The van der Waals surface area contributed by atoms with E-state index in [4.69, 9.17) is 9.47 Å². The van der Waals surface area contributed by atoms with Crippen molar-refractivity contribution in [2.24, 2.45) is 0 Å². The van der Waals surface area contributed by atoms with Gasteiger partial charge in [0.2, 0.25) is 0 Å². The molecule has 2 rings (SSSR count). The molecule has 1 aliphatic heterocycles. The molecule has 0 radical (unpaired) electrons. The third kappa shape index (κ3) is 4.51. The zero-order valence-corrected chi connectivity index (χ0v) is 13.0. The summed E-state index contributed by atoms with van der Waals surface area (Å²) in [6.45, 7) is 6.34. The highest BCUT2D eigenvalue weighted by molar-refractivity contribution is 5.25. The summed E-state index contributed by atoms with van der Waals surface area (Å²) in [4.78, 5) is 0. The first-order valence-electron chi connectivity index (χ1n) is 7.80. The molecule has 0 spiro atoms. The number of ether oxygens (including phenoxy) is 2. The molecule has 1 heterocycles. The van der Waals surface area contributed by atoms with E-state index in [1.54, 1.807) is 0 Å². The molecule has 4 nitrogen and oxygen atoms in total. The van der Waals surface area contributed by atoms with Gasteiger partial charge in [0.1, 0.15) is 0 Å². The Labute approximate surface area is 127 Å². The van der Waals surface area contributed by atoms with Gasteiger partial charge in [-0.05, 0) is 32.3 Å². The van der Waals surface area contributed by atoms with Crippen LogP contribution in [0.3, 0.4) is 0 Å². The van der Waals surface area contributed by atoms with Crippen molar-refractivity contribution in [1.29, 1.82) is 0 Å². The molecule has 4 heteroatoms. The SMILES string of the molecule is CC(C)NC(CO)(CCOC1CCOC1)c1ccccc1. The lowest BCUT2D eigenvalue weighted by Gasteiger charge is -2.36. The predicted molar refractivity (Wildman–Crippen MR) is 83.3 cm³/mol. The van der Waals surface area contributed by atoms with Crippen LogP contribution < -0.4 is 5.32 Å². The Morgan fingerprint density at radius 2 is 2.14 bits per heavy atom. The summed E-state index contributed by atoms with van der Waals surface area (Å²) in [6.07, 6.45) is 1.91. The fraction of sp³-hybridized carbons (Fsp3) is 0.647. The zero-order valence-electron chi connectivity index (χ0n) is 13.0. The first kappa shape index (κ1) is 16.4. The molecule has 1 aromatic carbocycles. The molecule has 1 saturated heterocycles. The number of aliphatic hydroxyl groups excluding tert-OH is 1. The monoisotopic (exact) mass is 293 g/mol. The molecule has 1 aliphatic rings. The average Bonchev–Trinajstić information content (AvgIpc) is 3.00. The van der Waals surface area contributed by atoms with Crippen LogP contribution in [-0.2, 0) is 15.0 Å². The molecule has 0 aliphatic carbocycles. The third-order valence-corrected chi connectivity index (χ3v) is 3.93. The van der Waals surface area contributed by atoms with Crippen LogP contribution in [0.2, 0.25) is 0 Å². The summed E-state index contributed by atoms with van der Waals surface area (Å²) in [6, 6.07) is 10.4. The number of hydrogen-bond donors (Lipinski definition) is 2. The number of benzene rings is 1. The van der Waals surface area contributed by atoms with E-state index in [0.717, 1.165) is 25.0 Å². The van der Waals surface area contributed by atoms with Gasteiger partial charge in [0.15, 0.2) is 0 Å². The van der Waals surface area contributed by atoms with E-state index in [9.17, 15) is 5.11 Å². The fourth-order valence-electron chi connectivity index (χ4n) is 2.87. The normalized spacial score (nSPS) is 21.6. The number of aliphatic hydroxyl groups is 1. The van der Waals surface area contributed by atoms with Crippen LogP contribution >= 0.6 is 0 Å². The van der Waals surface area contributed by atoms with Gasteiger partial charge in [0.25, 0.3) is 0 Å². The predicted octanol–water partition coefficient (Wildman–Crippen LogP) is 2.07. The van der Waals surface area contributed by atoms with Crippen molar-refractivity contribution in [2.45, 2.75) is 44.4 Å². The van der Waals surface area contributed by atoms with Crippen LogP contribution in [0.4, 0.5) is 0 Å². The second kappa shape index (κ2) is 7.90.